The quantitative estimate of drug-likeness (QED) is 0.765. The maximum atomic E-state index is 5.82. The minimum absolute atomic E-state index is 0.191. The number of nitrogens with zero attached hydrogens (tertiary/aromatic N) is 3. The van der Waals surface area contributed by atoms with Crippen molar-refractivity contribution in [3.8, 4) is 0 Å². The van der Waals surface area contributed by atoms with Crippen LogP contribution in [0.1, 0.15) is 33.0 Å². The fraction of sp³-hybridized carbons (Fsp3) is 0.786. The highest BCUT2D eigenvalue weighted by atomic mass is 15.1. The lowest BCUT2D eigenvalue weighted by molar-refractivity contribution is 0.183. The average molecular weight is 252 g/mol. The van der Waals surface area contributed by atoms with Crippen LogP contribution in [0.25, 0.3) is 0 Å². The van der Waals surface area contributed by atoms with Crippen LogP contribution in [0.5, 0.6) is 0 Å². The summed E-state index contributed by atoms with van der Waals surface area (Å²) >= 11 is 0. The molecule has 18 heavy (non-hydrogen) atoms. The number of hydrogen-bond acceptors (Lipinski definition) is 3. The molecule has 0 unspecified atom stereocenters. The molecule has 1 rings (SSSR count). The van der Waals surface area contributed by atoms with E-state index in [1.54, 1.807) is 0 Å². The van der Waals surface area contributed by atoms with Gasteiger partial charge < -0.3 is 15.2 Å². The lowest BCUT2D eigenvalue weighted by Crippen LogP contribution is -2.40. The van der Waals surface area contributed by atoms with Gasteiger partial charge in [-0.25, -0.2) is 4.98 Å². The van der Waals surface area contributed by atoms with Crippen LogP contribution >= 0.6 is 0 Å². The summed E-state index contributed by atoms with van der Waals surface area (Å²) in [6, 6.07) is 0. The van der Waals surface area contributed by atoms with E-state index >= 15 is 0 Å². The van der Waals surface area contributed by atoms with Gasteiger partial charge in [-0.2, -0.15) is 0 Å². The van der Waals surface area contributed by atoms with Gasteiger partial charge in [-0.3, -0.25) is 0 Å². The van der Waals surface area contributed by atoms with E-state index in [0.29, 0.717) is 0 Å². The molecule has 0 aromatic carbocycles. The maximum Gasteiger partial charge on any atom is 0.109 e. The molecular weight excluding hydrogens is 224 g/mol. The van der Waals surface area contributed by atoms with Crippen LogP contribution in [0.3, 0.4) is 0 Å². The Hall–Kier alpha value is -0.870. The second-order valence-corrected chi connectivity index (χ2v) is 5.85. The highest BCUT2D eigenvalue weighted by Crippen LogP contribution is 2.15. The highest BCUT2D eigenvalue weighted by molar-refractivity contribution is 4.92. The monoisotopic (exact) mass is 252 g/mol. The molecule has 1 aromatic heterocycles. The fourth-order valence-electron chi connectivity index (χ4n) is 2.15. The van der Waals surface area contributed by atoms with Crippen molar-refractivity contribution < 1.29 is 0 Å². The number of aromatic nitrogens is 2. The molecule has 0 saturated heterocycles. The molecular formula is C14H28N4. The Bertz CT molecular complexity index is 343. The largest absolute Gasteiger partial charge is 0.338 e. The summed E-state index contributed by atoms with van der Waals surface area (Å²) < 4.78 is 2.10. The topological polar surface area (TPSA) is 47.1 Å². The molecule has 4 nitrogen and oxygen atoms in total. The Kier molecular flexibility index (Phi) is 5.82. The van der Waals surface area contributed by atoms with Crippen LogP contribution in [-0.2, 0) is 13.5 Å². The SMILES string of the molecule is CCCN(CCc1nccn1C)CC(C)(C)CN. The van der Waals surface area contributed by atoms with Gasteiger partial charge in [-0.15, -0.1) is 0 Å². The summed E-state index contributed by atoms with van der Waals surface area (Å²) in [4.78, 5) is 6.88. The molecule has 1 aromatic rings. The number of rotatable bonds is 8. The van der Waals surface area contributed by atoms with Crippen molar-refractivity contribution in [1.82, 2.24) is 14.5 Å². The first kappa shape index (κ1) is 15.2. The van der Waals surface area contributed by atoms with Crippen molar-refractivity contribution >= 4 is 0 Å². The lowest BCUT2D eigenvalue weighted by Gasteiger charge is -2.31. The van der Waals surface area contributed by atoms with Gasteiger partial charge in [0.25, 0.3) is 0 Å². The van der Waals surface area contributed by atoms with Crippen molar-refractivity contribution in [2.75, 3.05) is 26.2 Å². The molecule has 0 amide bonds. The smallest absolute Gasteiger partial charge is 0.109 e. The lowest BCUT2D eigenvalue weighted by atomic mass is 9.93. The van der Waals surface area contributed by atoms with Gasteiger partial charge in [0, 0.05) is 39.0 Å². The van der Waals surface area contributed by atoms with Gasteiger partial charge in [0.2, 0.25) is 0 Å². The molecule has 1 heterocycles. The summed E-state index contributed by atoms with van der Waals surface area (Å²) in [5.74, 6) is 1.15. The van der Waals surface area contributed by atoms with E-state index in [1.165, 1.54) is 6.42 Å². The Morgan fingerprint density at radius 1 is 1.39 bits per heavy atom. The van der Waals surface area contributed by atoms with Crippen LogP contribution < -0.4 is 5.73 Å². The molecule has 0 aliphatic rings. The number of aryl methyl sites for hydroxylation is 1. The maximum absolute atomic E-state index is 5.82. The predicted octanol–water partition coefficient (Wildman–Crippen LogP) is 1.66. The Labute approximate surface area is 111 Å². The first-order chi connectivity index (χ1) is 8.48. The Morgan fingerprint density at radius 2 is 2.11 bits per heavy atom. The van der Waals surface area contributed by atoms with Crippen molar-refractivity contribution in [2.45, 2.75) is 33.6 Å². The summed E-state index contributed by atoms with van der Waals surface area (Å²) in [5.41, 5.74) is 6.01. The summed E-state index contributed by atoms with van der Waals surface area (Å²) in [6.07, 6.45) is 6.05. The normalized spacial score (nSPS) is 12.3. The average Bonchev–Trinajstić information content (AvgIpc) is 2.72. The molecule has 0 aliphatic carbocycles. The third kappa shape index (κ3) is 4.78. The van der Waals surface area contributed by atoms with Gasteiger partial charge in [0.05, 0.1) is 0 Å². The van der Waals surface area contributed by atoms with Gasteiger partial charge >= 0.3 is 0 Å². The van der Waals surface area contributed by atoms with Crippen LogP contribution in [0.4, 0.5) is 0 Å². The van der Waals surface area contributed by atoms with Crippen LogP contribution in [-0.4, -0.2) is 40.6 Å². The second-order valence-electron chi connectivity index (χ2n) is 5.85. The first-order valence-electron chi connectivity index (χ1n) is 6.87. The van der Waals surface area contributed by atoms with E-state index in [4.69, 9.17) is 5.73 Å². The van der Waals surface area contributed by atoms with Gasteiger partial charge in [-0.1, -0.05) is 20.8 Å². The molecule has 104 valence electrons. The predicted molar refractivity (Wildman–Crippen MR) is 76.5 cm³/mol. The number of hydrogen-bond donors (Lipinski definition) is 1. The number of nitrogens with two attached hydrogens (primary N) is 1. The molecule has 0 saturated carbocycles. The van der Waals surface area contributed by atoms with E-state index in [1.807, 2.05) is 12.4 Å². The zero-order chi connectivity index (χ0) is 13.6. The third-order valence-corrected chi connectivity index (χ3v) is 3.32. The molecule has 0 fully saturated rings. The first-order valence-corrected chi connectivity index (χ1v) is 6.87. The van der Waals surface area contributed by atoms with Crippen molar-refractivity contribution in [3.63, 3.8) is 0 Å². The molecule has 0 radical (unpaired) electrons. The minimum Gasteiger partial charge on any atom is -0.338 e. The molecule has 2 N–H and O–H groups in total. The highest BCUT2D eigenvalue weighted by Gasteiger charge is 2.19. The molecule has 0 spiro atoms. The van der Waals surface area contributed by atoms with Crippen LogP contribution in [0, 0.1) is 5.41 Å². The Morgan fingerprint density at radius 3 is 2.61 bits per heavy atom. The zero-order valence-corrected chi connectivity index (χ0v) is 12.3. The van der Waals surface area contributed by atoms with E-state index < -0.39 is 0 Å². The standard InChI is InChI=1S/C14H28N4/c1-5-8-18(12-14(2,3)11-15)9-6-13-16-7-10-17(13)4/h7,10H,5-6,8-9,11-12,15H2,1-4H3. The molecule has 0 aliphatic heterocycles. The molecule has 4 heteroatoms. The van der Waals surface area contributed by atoms with E-state index in [2.05, 4.69) is 42.3 Å². The van der Waals surface area contributed by atoms with Crippen molar-refractivity contribution in [1.29, 1.82) is 0 Å². The van der Waals surface area contributed by atoms with Crippen molar-refractivity contribution in [2.24, 2.45) is 18.2 Å². The summed E-state index contributed by atoms with van der Waals surface area (Å²) in [6.45, 7) is 10.7. The zero-order valence-electron chi connectivity index (χ0n) is 12.3. The van der Waals surface area contributed by atoms with Gasteiger partial charge in [0.1, 0.15) is 5.82 Å². The van der Waals surface area contributed by atoms with Gasteiger partial charge in [0.15, 0.2) is 0 Å². The Balaban J connectivity index is 2.50. The minimum atomic E-state index is 0.191. The number of imidazole rings is 1. The van der Waals surface area contributed by atoms with Crippen LogP contribution in [0.2, 0.25) is 0 Å². The third-order valence-electron chi connectivity index (χ3n) is 3.32. The van der Waals surface area contributed by atoms with Crippen molar-refractivity contribution in [3.05, 3.63) is 18.2 Å². The summed E-state index contributed by atoms with van der Waals surface area (Å²) in [5, 5.41) is 0. The summed E-state index contributed by atoms with van der Waals surface area (Å²) in [7, 11) is 2.05. The van der Waals surface area contributed by atoms with Crippen LogP contribution in [0.15, 0.2) is 12.4 Å². The van der Waals surface area contributed by atoms with E-state index in [0.717, 1.165) is 38.4 Å². The second kappa shape index (κ2) is 6.90. The van der Waals surface area contributed by atoms with E-state index in [-0.39, 0.29) is 5.41 Å². The molecule has 0 bridgehead atoms. The fourth-order valence-corrected chi connectivity index (χ4v) is 2.15. The van der Waals surface area contributed by atoms with Gasteiger partial charge in [-0.05, 0) is 24.9 Å². The van der Waals surface area contributed by atoms with E-state index in [9.17, 15) is 0 Å². The molecule has 0 atom stereocenters.